The summed E-state index contributed by atoms with van der Waals surface area (Å²) in [5.41, 5.74) is 7.84. The highest BCUT2D eigenvalue weighted by atomic mass is 16.4. The molecule has 0 aromatic carbocycles. The molecule has 12 heavy (non-hydrogen) atoms. The Kier molecular flexibility index (Phi) is 1.98. The first-order valence-electron chi connectivity index (χ1n) is 3.75. The van der Waals surface area contributed by atoms with E-state index in [0.29, 0.717) is 6.54 Å². The molecule has 2 atom stereocenters. The topological polar surface area (TPSA) is 86.1 Å². The zero-order chi connectivity index (χ0) is 9.35. The van der Waals surface area contributed by atoms with Gasteiger partial charge in [-0.25, -0.2) is 0 Å². The molecule has 0 amide bonds. The van der Waals surface area contributed by atoms with Crippen molar-refractivity contribution < 1.29 is 9.90 Å². The molecule has 0 spiro atoms. The smallest absolute Gasteiger partial charge is 0.307 e. The van der Waals surface area contributed by atoms with Crippen LogP contribution in [0.15, 0.2) is 5.11 Å². The molecule has 1 fully saturated rings. The number of carboxylic acid groups (broad SMARTS) is 1. The van der Waals surface area contributed by atoms with Crippen LogP contribution in [0.25, 0.3) is 10.4 Å². The number of carbonyl (C=O) groups is 1. The second-order valence-electron chi connectivity index (χ2n) is 3.66. The molecule has 0 heterocycles. The van der Waals surface area contributed by atoms with Crippen LogP contribution in [0.5, 0.6) is 0 Å². The first-order chi connectivity index (χ1) is 5.51. The van der Waals surface area contributed by atoms with Gasteiger partial charge in [0.05, 0.1) is 5.92 Å². The number of azide groups is 1. The molecule has 0 aliphatic heterocycles. The number of carboxylic acids is 1. The lowest BCUT2D eigenvalue weighted by Gasteiger charge is -1.96. The largest absolute Gasteiger partial charge is 0.481 e. The van der Waals surface area contributed by atoms with Gasteiger partial charge in [0.25, 0.3) is 0 Å². The van der Waals surface area contributed by atoms with Crippen molar-refractivity contribution >= 4 is 5.97 Å². The van der Waals surface area contributed by atoms with E-state index in [9.17, 15) is 4.79 Å². The first-order valence-corrected chi connectivity index (χ1v) is 3.75. The van der Waals surface area contributed by atoms with Gasteiger partial charge < -0.3 is 5.11 Å². The molecule has 0 radical (unpaired) electrons. The predicted octanol–water partition coefficient (Wildman–Crippen LogP) is 1.65. The maximum atomic E-state index is 10.6. The van der Waals surface area contributed by atoms with E-state index in [1.165, 1.54) is 0 Å². The van der Waals surface area contributed by atoms with Crippen molar-refractivity contribution in [3.8, 4) is 0 Å². The van der Waals surface area contributed by atoms with Crippen molar-refractivity contribution in [3.63, 3.8) is 0 Å². The Labute approximate surface area is 70.0 Å². The van der Waals surface area contributed by atoms with E-state index in [1.54, 1.807) is 0 Å². The zero-order valence-electron chi connectivity index (χ0n) is 7.06. The Morgan fingerprint density at radius 2 is 2.33 bits per heavy atom. The minimum atomic E-state index is -0.793. The average Bonchev–Trinajstić information content (AvgIpc) is 2.49. The number of aliphatic carboxylic acids is 1. The van der Waals surface area contributed by atoms with Crippen LogP contribution in [0, 0.1) is 17.3 Å². The lowest BCUT2D eigenvalue weighted by Crippen LogP contribution is -2.03. The van der Waals surface area contributed by atoms with Crippen LogP contribution >= 0.6 is 0 Å². The monoisotopic (exact) mass is 169 g/mol. The summed E-state index contributed by atoms with van der Waals surface area (Å²) < 4.78 is 0. The van der Waals surface area contributed by atoms with Gasteiger partial charge in [-0.05, 0) is 16.9 Å². The fraction of sp³-hybridized carbons (Fsp3) is 0.857. The van der Waals surface area contributed by atoms with E-state index < -0.39 is 5.97 Å². The first kappa shape index (κ1) is 8.87. The Morgan fingerprint density at radius 3 is 2.67 bits per heavy atom. The lowest BCUT2D eigenvalue weighted by atomic mass is 10.1. The molecular formula is C7H11N3O2. The van der Waals surface area contributed by atoms with Gasteiger partial charge in [-0.3, -0.25) is 4.79 Å². The molecule has 0 unspecified atom stereocenters. The SMILES string of the molecule is CC1(C)[C@H](C(=O)O)[C@@H]1CN=[N+]=[N-]. The minimum Gasteiger partial charge on any atom is -0.481 e. The van der Waals surface area contributed by atoms with Gasteiger partial charge in [0, 0.05) is 11.5 Å². The van der Waals surface area contributed by atoms with Gasteiger partial charge in [-0.1, -0.05) is 19.0 Å². The molecule has 0 saturated heterocycles. The van der Waals surface area contributed by atoms with Crippen LogP contribution in [-0.2, 0) is 4.79 Å². The number of nitrogens with zero attached hydrogens (tertiary/aromatic N) is 3. The van der Waals surface area contributed by atoms with Crippen LogP contribution in [0.3, 0.4) is 0 Å². The Hall–Kier alpha value is -1.22. The van der Waals surface area contributed by atoms with Crippen molar-refractivity contribution in [1.82, 2.24) is 0 Å². The van der Waals surface area contributed by atoms with Gasteiger partial charge >= 0.3 is 5.97 Å². The Balaban J connectivity index is 2.60. The third-order valence-corrected chi connectivity index (χ3v) is 2.66. The molecule has 0 aromatic heterocycles. The summed E-state index contributed by atoms with van der Waals surface area (Å²) in [5.74, 6) is -1.13. The third-order valence-electron chi connectivity index (χ3n) is 2.66. The van der Waals surface area contributed by atoms with Gasteiger partial charge in [-0.15, -0.1) is 0 Å². The standard InChI is InChI=1S/C7H11N3O2/c1-7(2)4(3-9-10-8)5(7)6(11)12/h4-5H,3H2,1-2H3,(H,11,12)/t4-,5-/m0/s1. The van der Waals surface area contributed by atoms with Crippen LogP contribution in [0.1, 0.15) is 13.8 Å². The summed E-state index contributed by atoms with van der Waals surface area (Å²) in [5, 5.41) is 12.1. The quantitative estimate of drug-likeness (QED) is 0.395. The summed E-state index contributed by atoms with van der Waals surface area (Å²) in [6, 6.07) is 0. The van der Waals surface area contributed by atoms with Crippen LogP contribution in [-0.4, -0.2) is 17.6 Å². The van der Waals surface area contributed by atoms with Crippen LogP contribution in [0.2, 0.25) is 0 Å². The number of hydrogen-bond donors (Lipinski definition) is 1. The second-order valence-corrected chi connectivity index (χ2v) is 3.66. The molecule has 1 aliphatic rings. The van der Waals surface area contributed by atoms with Crippen molar-refractivity contribution in [2.24, 2.45) is 22.4 Å². The normalized spacial score (nSPS) is 30.5. The van der Waals surface area contributed by atoms with Crippen molar-refractivity contribution in [3.05, 3.63) is 10.4 Å². The molecule has 1 rings (SSSR count). The molecule has 5 heteroatoms. The second kappa shape index (κ2) is 2.68. The van der Waals surface area contributed by atoms with Crippen LogP contribution in [0.4, 0.5) is 0 Å². The average molecular weight is 169 g/mol. The maximum Gasteiger partial charge on any atom is 0.307 e. The molecule has 1 saturated carbocycles. The van der Waals surface area contributed by atoms with E-state index in [-0.39, 0.29) is 17.3 Å². The Morgan fingerprint density at radius 1 is 1.75 bits per heavy atom. The highest BCUT2D eigenvalue weighted by molar-refractivity contribution is 5.75. The lowest BCUT2D eigenvalue weighted by molar-refractivity contribution is -0.139. The fourth-order valence-corrected chi connectivity index (χ4v) is 1.70. The van der Waals surface area contributed by atoms with Gasteiger partial charge in [0.15, 0.2) is 0 Å². The molecule has 66 valence electrons. The summed E-state index contributed by atoms with van der Waals surface area (Å²) >= 11 is 0. The molecule has 0 aromatic rings. The predicted molar refractivity (Wildman–Crippen MR) is 42.4 cm³/mol. The molecular weight excluding hydrogens is 158 g/mol. The summed E-state index contributed by atoms with van der Waals surface area (Å²) in [6.07, 6.45) is 0. The van der Waals surface area contributed by atoms with E-state index in [2.05, 4.69) is 10.0 Å². The highest BCUT2D eigenvalue weighted by Gasteiger charge is 2.61. The summed E-state index contributed by atoms with van der Waals surface area (Å²) in [6.45, 7) is 4.05. The summed E-state index contributed by atoms with van der Waals surface area (Å²) in [4.78, 5) is 13.2. The van der Waals surface area contributed by atoms with E-state index in [0.717, 1.165) is 0 Å². The fourth-order valence-electron chi connectivity index (χ4n) is 1.70. The molecule has 5 nitrogen and oxygen atoms in total. The van der Waals surface area contributed by atoms with Gasteiger partial charge in [-0.2, -0.15) is 0 Å². The third kappa shape index (κ3) is 1.23. The summed E-state index contributed by atoms with van der Waals surface area (Å²) in [7, 11) is 0. The van der Waals surface area contributed by atoms with Crippen molar-refractivity contribution in [2.75, 3.05) is 6.54 Å². The van der Waals surface area contributed by atoms with E-state index in [4.69, 9.17) is 10.6 Å². The van der Waals surface area contributed by atoms with Crippen molar-refractivity contribution in [2.45, 2.75) is 13.8 Å². The van der Waals surface area contributed by atoms with Gasteiger partial charge in [0.1, 0.15) is 0 Å². The zero-order valence-corrected chi connectivity index (χ0v) is 7.06. The van der Waals surface area contributed by atoms with Crippen LogP contribution < -0.4 is 0 Å². The van der Waals surface area contributed by atoms with E-state index in [1.807, 2.05) is 13.8 Å². The Bertz CT molecular complexity index is 255. The maximum absolute atomic E-state index is 10.6. The van der Waals surface area contributed by atoms with Crippen molar-refractivity contribution in [1.29, 1.82) is 0 Å². The molecule has 0 bridgehead atoms. The molecule has 1 N–H and O–H groups in total. The van der Waals surface area contributed by atoms with E-state index >= 15 is 0 Å². The highest BCUT2D eigenvalue weighted by Crippen LogP contribution is 2.58. The number of rotatable bonds is 3. The van der Waals surface area contributed by atoms with Gasteiger partial charge in [0.2, 0.25) is 0 Å². The number of hydrogen-bond acceptors (Lipinski definition) is 2. The molecule has 1 aliphatic carbocycles. The minimum absolute atomic E-state index is 0.00546.